The highest BCUT2D eigenvalue weighted by Gasteiger charge is 2.13. The first-order valence-corrected chi connectivity index (χ1v) is 5.70. The Balaban J connectivity index is 2.45. The third-order valence-corrected chi connectivity index (χ3v) is 2.31. The fraction of sp³-hybridized carbons (Fsp3) is 0.727. The van der Waals surface area contributed by atoms with E-state index in [0.29, 0.717) is 12.5 Å². The molecular weight excluding hydrogens is 220 g/mol. The van der Waals surface area contributed by atoms with Gasteiger partial charge in [0.15, 0.2) is 0 Å². The Morgan fingerprint density at radius 3 is 2.71 bits per heavy atom. The number of rotatable bonds is 5. The quantitative estimate of drug-likeness (QED) is 0.629. The van der Waals surface area contributed by atoms with Gasteiger partial charge in [-0.25, -0.2) is 0 Å². The first-order valence-electron chi connectivity index (χ1n) is 5.70. The highest BCUT2D eigenvalue weighted by Crippen LogP contribution is 2.10. The molecule has 1 rings (SSSR count). The van der Waals surface area contributed by atoms with Gasteiger partial charge in [-0.05, 0) is 33.2 Å². The Hall–Kier alpha value is -1.43. The summed E-state index contributed by atoms with van der Waals surface area (Å²) in [6, 6.07) is 0. The number of hydrogen-bond donors (Lipinski definition) is 1. The largest absolute Gasteiger partial charge is 0.312 e. The van der Waals surface area contributed by atoms with Crippen LogP contribution in [0.2, 0.25) is 0 Å². The first kappa shape index (κ1) is 13.6. The van der Waals surface area contributed by atoms with Crippen LogP contribution in [0.15, 0.2) is 12.4 Å². The van der Waals surface area contributed by atoms with Gasteiger partial charge in [0.2, 0.25) is 0 Å². The van der Waals surface area contributed by atoms with Crippen molar-refractivity contribution < 1.29 is 4.92 Å². The molecule has 17 heavy (non-hydrogen) atoms. The molecule has 96 valence electrons. The molecule has 1 heterocycles. The van der Waals surface area contributed by atoms with Gasteiger partial charge in [-0.15, -0.1) is 0 Å². The van der Waals surface area contributed by atoms with Crippen molar-refractivity contribution in [3.05, 3.63) is 22.5 Å². The second kappa shape index (κ2) is 5.27. The van der Waals surface area contributed by atoms with Gasteiger partial charge in [0.05, 0.1) is 4.92 Å². The Morgan fingerprint density at radius 1 is 1.59 bits per heavy atom. The van der Waals surface area contributed by atoms with E-state index in [0.717, 1.165) is 6.54 Å². The predicted molar refractivity (Wildman–Crippen MR) is 65.8 cm³/mol. The minimum absolute atomic E-state index is 0.0426. The molecule has 0 bridgehead atoms. The summed E-state index contributed by atoms with van der Waals surface area (Å²) in [4.78, 5) is 10.1. The number of nitrogens with zero attached hydrogens (tertiary/aromatic N) is 3. The molecule has 1 aromatic rings. The lowest BCUT2D eigenvalue weighted by Crippen LogP contribution is -2.39. The molecule has 0 saturated carbocycles. The smallest absolute Gasteiger partial charge is 0.306 e. The van der Waals surface area contributed by atoms with Crippen LogP contribution in [0.25, 0.3) is 0 Å². The molecule has 0 aliphatic heterocycles. The van der Waals surface area contributed by atoms with Crippen LogP contribution in [0.3, 0.4) is 0 Å². The Labute approximate surface area is 101 Å². The summed E-state index contributed by atoms with van der Waals surface area (Å²) in [5.41, 5.74) is 0.130. The summed E-state index contributed by atoms with van der Waals surface area (Å²) in [6.45, 7) is 9.95. The lowest BCUT2D eigenvalue weighted by molar-refractivity contribution is -0.385. The summed E-state index contributed by atoms with van der Waals surface area (Å²) < 4.78 is 1.62. The maximum atomic E-state index is 10.5. The maximum Gasteiger partial charge on any atom is 0.306 e. The van der Waals surface area contributed by atoms with Crippen molar-refractivity contribution in [2.24, 2.45) is 5.92 Å². The van der Waals surface area contributed by atoms with Gasteiger partial charge in [-0.1, -0.05) is 6.92 Å². The molecule has 0 amide bonds. The topological polar surface area (TPSA) is 73.0 Å². The van der Waals surface area contributed by atoms with Crippen molar-refractivity contribution in [1.82, 2.24) is 15.1 Å². The van der Waals surface area contributed by atoms with Crippen molar-refractivity contribution in [1.29, 1.82) is 0 Å². The third kappa shape index (κ3) is 4.95. The lowest BCUT2D eigenvalue weighted by Gasteiger charge is -2.23. The van der Waals surface area contributed by atoms with Crippen molar-refractivity contribution in [2.45, 2.75) is 39.8 Å². The molecule has 1 N–H and O–H groups in total. The lowest BCUT2D eigenvalue weighted by atomic mass is 10.1. The van der Waals surface area contributed by atoms with Gasteiger partial charge >= 0.3 is 5.69 Å². The maximum absolute atomic E-state index is 10.5. The van der Waals surface area contributed by atoms with E-state index in [1.54, 1.807) is 4.68 Å². The van der Waals surface area contributed by atoms with Crippen LogP contribution in [0.1, 0.15) is 27.7 Å². The Morgan fingerprint density at radius 2 is 2.24 bits per heavy atom. The normalized spacial score (nSPS) is 13.6. The molecule has 1 aromatic heterocycles. The monoisotopic (exact) mass is 240 g/mol. The van der Waals surface area contributed by atoms with Crippen LogP contribution in [0.4, 0.5) is 5.69 Å². The van der Waals surface area contributed by atoms with Crippen molar-refractivity contribution in [3.8, 4) is 0 Å². The summed E-state index contributed by atoms with van der Waals surface area (Å²) in [5.74, 6) is 0.369. The zero-order chi connectivity index (χ0) is 13.1. The van der Waals surface area contributed by atoms with E-state index in [2.05, 4.69) is 38.1 Å². The van der Waals surface area contributed by atoms with Crippen molar-refractivity contribution in [3.63, 3.8) is 0 Å². The highest BCUT2D eigenvalue weighted by molar-refractivity contribution is 5.20. The van der Waals surface area contributed by atoms with Crippen LogP contribution in [0, 0.1) is 16.0 Å². The molecular formula is C11H20N4O2. The molecule has 0 aliphatic rings. The van der Waals surface area contributed by atoms with E-state index in [4.69, 9.17) is 0 Å². The molecule has 1 unspecified atom stereocenters. The molecule has 0 aromatic carbocycles. The Kier molecular flexibility index (Phi) is 4.22. The average Bonchev–Trinajstić information content (AvgIpc) is 2.62. The van der Waals surface area contributed by atoms with Gasteiger partial charge < -0.3 is 5.32 Å². The second-order valence-electron chi connectivity index (χ2n) is 5.41. The van der Waals surface area contributed by atoms with E-state index in [1.807, 2.05) is 0 Å². The van der Waals surface area contributed by atoms with Gasteiger partial charge in [-0.2, -0.15) is 5.10 Å². The van der Waals surface area contributed by atoms with E-state index >= 15 is 0 Å². The predicted octanol–water partition coefficient (Wildman–Crippen LogP) is 1.82. The van der Waals surface area contributed by atoms with E-state index in [1.165, 1.54) is 12.4 Å². The SMILES string of the molecule is CC(CNC(C)(C)C)Cn1cc([N+](=O)[O-])cn1. The first-order chi connectivity index (χ1) is 7.78. The van der Waals surface area contributed by atoms with Gasteiger partial charge in [0.25, 0.3) is 0 Å². The summed E-state index contributed by atoms with van der Waals surface area (Å²) >= 11 is 0. The summed E-state index contributed by atoms with van der Waals surface area (Å²) in [5, 5.41) is 17.9. The molecule has 0 fully saturated rings. The van der Waals surface area contributed by atoms with Gasteiger partial charge in [0.1, 0.15) is 12.4 Å². The molecule has 0 aliphatic carbocycles. The van der Waals surface area contributed by atoms with Crippen LogP contribution in [-0.2, 0) is 6.54 Å². The fourth-order valence-electron chi connectivity index (χ4n) is 1.41. The number of aromatic nitrogens is 2. The molecule has 6 nitrogen and oxygen atoms in total. The zero-order valence-corrected chi connectivity index (χ0v) is 10.8. The van der Waals surface area contributed by atoms with Crippen LogP contribution < -0.4 is 5.32 Å². The number of nitro groups is 1. The summed E-state index contributed by atoms with van der Waals surface area (Å²) in [6.07, 6.45) is 2.75. The van der Waals surface area contributed by atoms with E-state index in [9.17, 15) is 10.1 Å². The minimum Gasteiger partial charge on any atom is -0.312 e. The molecule has 1 atom stereocenters. The molecule has 0 radical (unpaired) electrons. The highest BCUT2D eigenvalue weighted by atomic mass is 16.6. The summed E-state index contributed by atoms with van der Waals surface area (Å²) in [7, 11) is 0. The van der Waals surface area contributed by atoms with Crippen LogP contribution in [0.5, 0.6) is 0 Å². The second-order valence-corrected chi connectivity index (χ2v) is 5.41. The number of hydrogen-bond acceptors (Lipinski definition) is 4. The minimum atomic E-state index is -0.429. The van der Waals surface area contributed by atoms with Crippen molar-refractivity contribution >= 4 is 5.69 Å². The molecule has 0 spiro atoms. The zero-order valence-electron chi connectivity index (χ0n) is 10.8. The Bertz CT molecular complexity index is 381. The average molecular weight is 240 g/mol. The third-order valence-electron chi connectivity index (χ3n) is 2.31. The van der Waals surface area contributed by atoms with Crippen LogP contribution >= 0.6 is 0 Å². The number of nitrogens with one attached hydrogen (secondary N) is 1. The van der Waals surface area contributed by atoms with E-state index < -0.39 is 4.92 Å². The fourth-order valence-corrected chi connectivity index (χ4v) is 1.41. The van der Waals surface area contributed by atoms with Crippen molar-refractivity contribution in [2.75, 3.05) is 6.54 Å². The van der Waals surface area contributed by atoms with Crippen LogP contribution in [-0.4, -0.2) is 26.8 Å². The molecule has 0 saturated heterocycles. The van der Waals surface area contributed by atoms with Gasteiger partial charge in [-0.3, -0.25) is 14.8 Å². The molecule has 6 heteroatoms. The standard InChI is InChI=1S/C11H20N4O2/c1-9(5-12-11(2,3)4)7-14-8-10(6-13-14)15(16)17/h6,8-9,12H,5,7H2,1-4H3. The van der Waals surface area contributed by atoms with E-state index in [-0.39, 0.29) is 11.2 Å². The van der Waals surface area contributed by atoms with Gasteiger partial charge in [0, 0.05) is 12.1 Å².